The van der Waals surface area contributed by atoms with Crippen LogP contribution in [0.4, 0.5) is 5.69 Å². The Morgan fingerprint density at radius 2 is 1.96 bits per heavy atom. The fourth-order valence-corrected chi connectivity index (χ4v) is 2.46. The summed E-state index contributed by atoms with van der Waals surface area (Å²) in [7, 11) is 1.52. The number of nitrogens with one attached hydrogen (secondary N) is 1. The summed E-state index contributed by atoms with van der Waals surface area (Å²) in [6.45, 7) is 2.23. The first-order valence-electron chi connectivity index (χ1n) is 7.77. The summed E-state index contributed by atoms with van der Waals surface area (Å²) in [6.07, 6.45) is 3.51. The normalized spacial score (nSPS) is 10.2. The average molecular weight is 362 g/mol. The van der Waals surface area contributed by atoms with Crippen LogP contribution in [0.3, 0.4) is 0 Å². The van der Waals surface area contributed by atoms with E-state index >= 15 is 0 Å². The van der Waals surface area contributed by atoms with E-state index in [9.17, 15) is 9.59 Å². The molecule has 132 valence electrons. The molecule has 6 nitrogen and oxygen atoms in total. The Bertz CT molecular complexity index is 738. The molecule has 2 amide bonds. The third-order valence-electron chi connectivity index (χ3n) is 3.61. The van der Waals surface area contributed by atoms with Crippen molar-refractivity contribution in [2.75, 3.05) is 19.0 Å². The zero-order valence-corrected chi connectivity index (χ0v) is 14.9. The summed E-state index contributed by atoms with van der Waals surface area (Å²) >= 11 is 5.95. The molecule has 0 aliphatic heterocycles. The van der Waals surface area contributed by atoms with Crippen molar-refractivity contribution in [1.29, 1.82) is 0 Å². The number of carbonyl (C=O) groups excluding carboxylic acids is 2. The maximum atomic E-state index is 12.2. The molecule has 7 heteroatoms. The van der Waals surface area contributed by atoms with E-state index in [1.165, 1.54) is 14.0 Å². The number of aromatic nitrogens is 1. The van der Waals surface area contributed by atoms with Crippen LogP contribution in [-0.4, -0.2) is 35.4 Å². The molecule has 1 heterocycles. The van der Waals surface area contributed by atoms with Crippen molar-refractivity contribution in [2.24, 2.45) is 0 Å². The number of hydrogen-bond acceptors (Lipinski definition) is 4. The van der Waals surface area contributed by atoms with Crippen LogP contribution >= 0.6 is 11.6 Å². The van der Waals surface area contributed by atoms with Crippen molar-refractivity contribution < 1.29 is 14.3 Å². The summed E-state index contributed by atoms with van der Waals surface area (Å²) < 4.78 is 5.20. The highest BCUT2D eigenvalue weighted by atomic mass is 35.5. The van der Waals surface area contributed by atoms with Gasteiger partial charge in [-0.05, 0) is 35.9 Å². The predicted octanol–water partition coefficient (Wildman–Crippen LogP) is 3.12. The molecule has 2 aromatic rings. The number of methoxy groups -OCH3 is 1. The molecule has 1 aromatic carbocycles. The molecule has 0 atom stereocenters. The Morgan fingerprint density at radius 1 is 1.24 bits per heavy atom. The molecular formula is C18H20ClN3O3. The van der Waals surface area contributed by atoms with E-state index in [1.54, 1.807) is 35.5 Å². The Hall–Kier alpha value is -2.60. The van der Waals surface area contributed by atoms with Crippen molar-refractivity contribution in [3.8, 4) is 5.75 Å². The summed E-state index contributed by atoms with van der Waals surface area (Å²) in [6, 6.07) is 8.67. The van der Waals surface area contributed by atoms with Gasteiger partial charge in [-0.1, -0.05) is 11.6 Å². The Labute approximate surface area is 151 Å². The number of halogens is 1. The summed E-state index contributed by atoms with van der Waals surface area (Å²) in [5.74, 6) is 0.212. The first kappa shape index (κ1) is 18.7. The number of rotatable bonds is 7. The van der Waals surface area contributed by atoms with Gasteiger partial charge in [-0.25, -0.2) is 0 Å². The molecule has 0 unspecified atom stereocenters. The van der Waals surface area contributed by atoms with Crippen LogP contribution < -0.4 is 10.1 Å². The van der Waals surface area contributed by atoms with Gasteiger partial charge in [0, 0.05) is 43.9 Å². The van der Waals surface area contributed by atoms with Gasteiger partial charge < -0.3 is 15.0 Å². The van der Waals surface area contributed by atoms with Crippen molar-refractivity contribution in [3.63, 3.8) is 0 Å². The number of ether oxygens (including phenoxy) is 1. The third-order valence-corrected chi connectivity index (χ3v) is 3.85. The number of carbonyl (C=O) groups is 2. The monoisotopic (exact) mass is 361 g/mol. The Balaban J connectivity index is 1.95. The molecule has 0 aliphatic rings. The second-order valence-corrected chi connectivity index (χ2v) is 5.88. The van der Waals surface area contributed by atoms with Crippen LogP contribution in [0.15, 0.2) is 42.7 Å². The van der Waals surface area contributed by atoms with Gasteiger partial charge in [0.1, 0.15) is 5.75 Å². The largest absolute Gasteiger partial charge is 0.495 e. The van der Waals surface area contributed by atoms with Crippen molar-refractivity contribution in [3.05, 3.63) is 53.3 Å². The third kappa shape index (κ3) is 5.76. The van der Waals surface area contributed by atoms with Gasteiger partial charge in [-0.2, -0.15) is 0 Å². The molecule has 0 spiro atoms. The van der Waals surface area contributed by atoms with Crippen LogP contribution in [0.2, 0.25) is 5.02 Å². The smallest absolute Gasteiger partial charge is 0.226 e. The molecule has 25 heavy (non-hydrogen) atoms. The number of benzene rings is 1. The van der Waals surface area contributed by atoms with E-state index in [2.05, 4.69) is 10.3 Å². The second kappa shape index (κ2) is 9.03. The van der Waals surface area contributed by atoms with Crippen LogP contribution in [0.25, 0.3) is 0 Å². The maximum absolute atomic E-state index is 12.2. The minimum absolute atomic E-state index is 0.0926. The lowest BCUT2D eigenvalue weighted by atomic mass is 10.2. The van der Waals surface area contributed by atoms with E-state index in [-0.39, 0.29) is 18.2 Å². The average Bonchev–Trinajstić information content (AvgIpc) is 2.59. The van der Waals surface area contributed by atoms with Gasteiger partial charge in [0.25, 0.3) is 0 Å². The fraction of sp³-hybridized carbons (Fsp3) is 0.278. The lowest BCUT2D eigenvalue weighted by molar-refractivity contribution is -0.129. The lowest BCUT2D eigenvalue weighted by Gasteiger charge is -2.21. The summed E-state index contributed by atoms with van der Waals surface area (Å²) in [5.41, 5.74) is 1.46. The SMILES string of the molecule is COc1ccc(Cl)cc1NC(=O)CCN(Cc1ccncc1)C(C)=O. The quantitative estimate of drug-likeness (QED) is 0.822. The molecule has 0 fully saturated rings. The van der Waals surface area contributed by atoms with E-state index in [0.717, 1.165) is 5.56 Å². The molecule has 0 aliphatic carbocycles. The molecule has 1 N–H and O–H groups in total. The number of anilines is 1. The summed E-state index contributed by atoms with van der Waals surface area (Å²) in [5, 5.41) is 3.26. The fourth-order valence-electron chi connectivity index (χ4n) is 2.28. The van der Waals surface area contributed by atoms with Crippen molar-refractivity contribution >= 4 is 29.1 Å². The standard InChI is InChI=1S/C18H20ClN3O3/c1-13(23)22(12-14-5-8-20-9-6-14)10-7-18(24)21-16-11-15(19)3-4-17(16)25-2/h3-6,8-9,11H,7,10,12H2,1-2H3,(H,21,24). The first-order chi connectivity index (χ1) is 12.0. The van der Waals surface area contributed by atoms with E-state index in [0.29, 0.717) is 29.5 Å². The highest BCUT2D eigenvalue weighted by Gasteiger charge is 2.13. The zero-order valence-electron chi connectivity index (χ0n) is 14.2. The van der Waals surface area contributed by atoms with Gasteiger partial charge in [-0.3, -0.25) is 14.6 Å². The van der Waals surface area contributed by atoms with Crippen LogP contribution in [0.1, 0.15) is 18.9 Å². The molecule has 1 aromatic heterocycles. The zero-order chi connectivity index (χ0) is 18.2. The first-order valence-corrected chi connectivity index (χ1v) is 8.15. The molecule has 0 saturated carbocycles. The number of nitrogens with zero attached hydrogens (tertiary/aromatic N) is 2. The van der Waals surface area contributed by atoms with E-state index < -0.39 is 0 Å². The highest BCUT2D eigenvalue weighted by Crippen LogP contribution is 2.27. The highest BCUT2D eigenvalue weighted by molar-refractivity contribution is 6.31. The van der Waals surface area contributed by atoms with E-state index in [4.69, 9.17) is 16.3 Å². The molecule has 0 bridgehead atoms. The number of amides is 2. The molecule has 0 radical (unpaired) electrons. The maximum Gasteiger partial charge on any atom is 0.226 e. The van der Waals surface area contributed by atoms with Gasteiger partial charge in [0.2, 0.25) is 11.8 Å². The van der Waals surface area contributed by atoms with Gasteiger partial charge in [0.15, 0.2) is 0 Å². The van der Waals surface area contributed by atoms with Gasteiger partial charge in [-0.15, -0.1) is 0 Å². The Kier molecular flexibility index (Phi) is 6.77. The molecule has 2 rings (SSSR count). The van der Waals surface area contributed by atoms with Crippen LogP contribution in [-0.2, 0) is 16.1 Å². The van der Waals surface area contributed by atoms with Crippen molar-refractivity contribution in [1.82, 2.24) is 9.88 Å². The summed E-state index contributed by atoms with van der Waals surface area (Å²) in [4.78, 5) is 29.6. The minimum atomic E-state index is -0.221. The number of pyridine rings is 1. The van der Waals surface area contributed by atoms with Crippen LogP contribution in [0.5, 0.6) is 5.75 Å². The minimum Gasteiger partial charge on any atom is -0.495 e. The lowest BCUT2D eigenvalue weighted by Crippen LogP contribution is -2.31. The van der Waals surface area contributed by atoms with E-state index in [1.807, 2.05) is 12.1 Å². The molecule has 0 saturated heterocycles. The predicted molar refractivity (Wildman–Crippen MR) is 96.6 cm³/mol. The van der Waals surface area contributed by atoms with Crippen LogP contribution in [0, 0.1) is 0 Å². The molecular weight excluding hydrogens is 342 g/mol. The Morgan fingerprint density at radius 3 is 2.60 bits per heavy atom. The second-order valence-electron chi connectivity index (χ2n) is 5.44. The van der Waals surface area contributed by atoms with Crippen molar-refractivity contribution in [2.45, 2.75) is 19.9 Å². The number of hydrogen-bond donors (Lipinski definition) is 1. The van der Waals surface area contributed by atoms with Gasteiger partial charge in [0.05, 0.1) is 12.8 Å². The topological polar surface area (TPSA) is 71.5 Å². The van der Waals surface area contributed by atoms with Gasteiger partial charge >= 0.3 is 0 Å².